The maximum Gasteiger partial charge on any atom is 0.324 e. The first-order valence-electron chi connectivity index (χ1n) is 4.70. The SMILES string of the molecule is O=[N+]([O-])c1cc(CNCc2ccco2)cs1. The van der Waals surface area contributed by atoms with E-state index < -0.39 is 0 Å². The lowest BCUT2D eigenvalue weighted by molar-refractivity contribution is -0.380. The molecule has 0 aliphatic carbocycles. The Bertz CT molecular complexity index is 464. The predicted octanol–water partition coefficient (Wildman–Crippen LogP) is 2.54. The Morgan fingerprint density at radius 3 is 3.00 bits per heavy atom. The van der Waals surface area contributed by atoms with Crippen molar-refractivity contribution in [3.63, 3.8) is 0 Å². The molecule has 0 bridgehead atoms. The van der Waals surface area contributed by atoms with Crippen molar-refractivity contribution < 1.29 is 9.34 Å². The van der Waals surface area contributed by atoms with Gasteiger partial charge in [0.1, 0.15) is 5.76 Å². The van der Waals surface area contributed by atoms with E-state index in [1.54, 1.807) is 17.7 Å². The summed E-state index contributed by atoms with van der Waals surface area (Å²) in [4.78, 5) is 10.1. The number of furan rings is 1. The summed E-state index contributed by atoms with van der Waals surface area (Å²) in [5.41, 5.74) is 0.920. The Labute approximate surface area is 95.9 Å². The first-order valence-corrected chi connectivity index (χ1v) is 5.58. The maximum atomic E-state index is 10.5. The average molecular weight is 238 g/mol. The summed E-state index contributed by atoms with van der Waals surface area (Å²) in [6, 6.07) is 5.29. The van der Waals surface area contributed by atoms with E-state index in [0.717, 1.165) is 22.7 Å². The van der Waals surface area contributed by atoms with Gasteiger partial charge in [0.05, 0.1) is 17.7 Å². The van der Waals surface area contributed by atoms with Gasteiger partial charge in [0.15, 0.2) is 0 Å². The molecule has 0 fully saturated rings. The van der Waals surface area contributed by atoms with Crippen LogP contribution in [0, 0.1) is 10.1 Å². The topological polar surface area (TPSA) is 68.3 Å². The molecule has 0 radical (unpaired) electrons. The Kier molecular flexibility index (Phi) is 3.33. The molecule has 1 N–H and O–H groups in total. The van der Waals surface area contributed by atoms with E-state index in [-0.39, 0.29) is 9.92 Å². The summed E-state index contributed by atoms with van der Waals surface area (Å²) >= 11 is 1.14. The molecular formula is C10H10N2O3S. The van der Waals surface area contributed by atoms with Crippen molar-refractivity contribution in [1.82, 2.24) is 5.32 Å². The molecular weight excluding hydrogens is 228 g/mol. The summed E-state index contributed by atoms with van der Waals surface area (Å²) in [6.07, 6.45) is 1.62. The van der Waals surface area contributed by atoms with Gasteiger partial charge in [-0.15, -0.1) is 0 Å². The molecule has 5 nitrogen and oxygen atoms in total. The number of nitrogens with one attached hydrogen (secondary N) is 1. The second-order valence-corrected chi connectivity index (χ2v) is 4.12. The predicted molar refractivity (Wildman–Crippen MR) is 60.2 cm³/mol. The number of hydrogen-bond donors (Lipinski definition) is 1. The van der Waals surface area contributed by atoms with Crippen LogP contribution in [-0.2, 0) is 13.1 Å². The van der Waals surface area contributed by atoms with Crippen LogP contribution < -0.4 is 5.32 Å². The fourth-order valence-corrected chi connectivity index (χ4v) is 2.02. The first-order chi connectivity index (χ1) is 7.75. The summed E-state index contributed by atoms with van der Waals surface area (Å²) in [5.74, 6) is 0.852. The van der Waals surface area contributed by atoms with E-state index in [4.69, 9.17) is 4.42 Å². The van der Waals surface area contributed by atoms with Gasteiger partial charge in [0.25, 0.3) is 0 Å². The van der Waals surface area contributed by atoms with Gasteiger partial charge in [-0.3, -0.25) is 10.1 Å². The minimum atomic E-state index is -0.374. The minimum Gasteiger partial charge on any atom is -0.468 e. The van der Waals surface area contributed by atoms with Gasteiger partial charge in [0, 0.05) is 18.0 Å². The number of nitrogens with zero attached hydrogens (tertiary/aromatic N) is 1. The summed E-state index contributed by atoms with van der Waals surface area (Å²) < 4.78 is 5.15. The van der Waals surface area contributed by atoms with Crippen molar-refractivity contribution in [2.75, 3.05) is 0 Å². The van der Waals surface area contributed by atoms with Crippen molar-refractivity contribution in [2.24, 2.45) is 0 Å². The second-order valence-electron chi connectivity index (χ2n) is 3.23. The highest BCUT2D eigenvalue weighted by molar-refractivity contribution is 7.13. The summed E-state index contributed by atoms with van der Waals surface area (Å²) in [5, 5.41) is 15.6. The van der Waals surface area contributed by atoms with Crippen LogP contribution in [0.4, 0.5) is 5.00 Å². The van der Waals surface area contributed by atoms with E-state index in [1.165, 1.54) is 0 Å². The van der Waals surface area contributed by atoms with Gasteiger partial charge in [-0.2, -0.15) is 0 Å². The molecule has 2 aromatic heterocycles. The molecule has 2 aromatic rings. The van der Waals surface area contributed by atoms with Crippen molar-refractivity contribution in [3.8, 4) is 0 Å². The number of thiophene rings is 1. The summed E-state index contributed by atoms with van der Waals surface area (Å²) in [7, 11) is 0. The molecule has 0 spiro atoms. The van der Waals surface area contributed by atoms with Crippen molar-refractivity contribution >= 4 is 16.3 Å². The molecule has 0 unspecified atom stereocenters. The van der Waals surface area contributed by atoms with Crippen molar-refractivity contribution in [1.29, 1.82) is 0 Å². The van der Waals surface area contributed by atoms with Gasteiger partial charge in [-0.25, -0.2) is 0 Å². The van der Waals surface area contributed by atoms with Crippen LogP contribution in [0.1, 0.15) is 11.3 Å². The maximum absolute atomic E-state index is 10.5. The van der Waals surface area contributed by atoms with Crippen molar-refractivity contribution in [3.05, 3.63) is 51.3 Å². The lowest BCUT2D eigenvalue weighted by atomic mass is 10.3. The van der Waals surface area contributed by atoms with E-state index in [1.807, 2.05) is 12.1 Å². The molecule has 0 aliphatic heterocycles. The zero-order valence-electron chi connectivity index (χ0n) is 8.38. The normalized spacial score (nSPS) is 10.5. The smallest absolute Gasteiger partial charge is 0.324 e. The van der Waals surface area contributed by atoms with Gasteiger partial charge in [-0.1, -0.05) is 11.3 Å². The lowest BCUT2D eigenvalue weighted by Gasteiger charge is -1.99. The van der Waals surface area contributed by atoms with E-state index in [2.05, 4.69) is 5.32 Å². The van der Waals surface area contributed by atoms with Crippen LogP contribution in [0.25, 0.3) is 0 Å². The van der Waals surface area contributed by atoms with Crippen LogP contribution in [0.5, 0.6) is 0 Å². The minimum absolute atomic E-state index is 0.176. The Hall–Kier alpha value is -1.66. The van der Waals surface area contributed by atoms with Gasteiger partial charge in [-0.05, 0) is 17.7 Å². The monoisotopic (exact) mass is 238 g/mol. The van der Waals surface area contributed by atoms with Crippen LogP contribution in [0.15, 0.2) is 34.3 Å². The molecule has 6 heteroatoms. The number of hydrogen-bond acceptors (Lipinski definition) is 5. The van der Waals surface area contributed by atoms with Crippen LogP contribution in [0.2, 0.25) is 0 Å². The molecule has 0 saturated carbocycles. The average Bonchev–Trinajstić information content (AvgIpc) is 2.87. The summed E-state index contributed by atoms with van der Waals surface area (Å²) in [6.45, 7) is 1.22. The molecule has 0 saturated heterocycles. The molecule has 0 amide bonds. The van der Waals surface area contributed by atoms with Gasteiger partial charge >= 0.3 is 5.00 Å². The standard InChI is InChI=1S/C10H10N2O3S/c13-12(14)10-4-8(7-16-10)5-11-6-9-2-1-3-15-9/h1-4,7,11H,5-6H2. The second kappa shape index (κ2) is 4.91. The fourth-order valence-electron chi connectivity index (χ4n) is 1.29. The van der Waals surface area contributed by atoms with E-state index >= 15 is 0 Å². The highest BCUT2D eigenvalue weighted by Crippen LogP contribution is 2.22. The van der Waals surface area contributed by atoms with Gasteiger partial charge in [0.2, 0.25) is 0 Å². The third kappa shape index (κ3) is 2.68. The van der Waals surface area contributed by atoms with Crippen LogP contribution in [-0.4, -0.2) is 4.92 Å². The fraction of sp³-hybridized carbons (Fsp3) is 0.200. The molecule has 16 heavy (non-hydrogen) atoms. The third-order valence-corrected chi connectivity index (χ3v) is 2.96. The molecule has 84 valence electrons. The molecule has 0 aromatic carbocycles. The van der Waals surface area contributed by atoms with E-state index in [9.17, 15) is 10.1 Å². The molecule has 2 rings (SSSR count). The van der Waals surface area contributed by atoms with Gasteiger partial charge < -0.3 is 9.73 Å². The molecule has 0 atom stereocenters. The largest absolute Gasteiger partial charge is 0.468 e. The highest BCUT2D eigenvalue weighted by atomic mass is 32.1. The zero-order chi connectivity index (χ0) is 11.4. The number of rotatable bonds is 5. The van der Waals surface area contributed by atoms with Crippen molar-refractivity contribution in [2.45, 2.75) is 13.1 Å². The quantitative estimate of drug-likeness (QED) is 0.642. The highest BCUT2D eigenvalue weighted by Gasteiger charge is 2.08. The number of nitro groups is 1. The Morgan fingerprint density at radius 2 is 2.38 bits per heavy atom. The lowest BCUT2D eigenvalue weighted by Crippen LogP contribution is -2.11. The molecule has 2 heterocycles. The molecule has 0 aliphatic rings. The first kappa shape index (κ1) is 10.8. The third-order valence-electron chi connectivity index (χ3n) is 2.03. The van der Waals surface area contributed by atoms with Crippen LogP contribution in [0.3, 0.4) is 0 Å². The Balaban J connectivity index is 1.83. The zero-order valence-corrected chi connectivity index (χ0v) is 9.20. The van der Waals surface area contributed by atoms with E-state index in [0.29, 0.717) is 13.1 Å². The Morgan fingerprint density at radius 1 is 1.50 bits per heavy atom. The van der Waals surface area contributed by atoms with Crippen LogP contribution >= 0.6 is 11.3 Å².